The van der Waals surface area contributed by atoms with Crippen molar-refractivity contribution < 1.29 is 22.7 Å². The van der Waals surface area contributed by atoms with Gasteiger partial charge in [-0.25, -0.2) is 8.42 Å². The Bertz CT molecular complexity index is 1280. The van der Waals surface area contributed by atoms with Crippen LogP contribution >= 0.6 is 0 Å². The number of amides is 1. The zero-order valence-electron chi connectivity index (χ0n) is 19.8. The van der Waals surface area contributed by atoms with Gasteiger partial charge in [0.15, 0.2) is 0 Å². The molecule has 3 aromatic rings. The molecule has 1 aliphatic rings. The van der Waals surface area contributed by atoms with E-state index in [0.717, 1.165) is 23.0 Å². The molecule has 1 N–H and O–H groups in total. The Morgan fingerprint density at radius 3 is 2.68 bits per heavy atom. The number of methoxy groups -OCH3 is 2. The Kier molecular flexibility index (Phi) is 7.13. The Morgan fingerprint density at radius 1 is 1.12 bits per heavy atom. The molecule has 182 valence electrons. The van der Waals surface area contributed by atoms with E-state index in [1.54, 1.807) is 38.5 Å². The monoisotopic (exact) mass is 485 g/mol. The van der Waals surface area contributed by atoms with Gasteiger partial charge in [-0.1, -0.05) is 0 Å². The molecule has 1 aromatic heterocycles. The number of nitrogens with zero attached hydrogens (tertiary/aromatic N) is 2. The number of benzene rings is 2. The van der Waals surface area contributed by atoms with Gasteiger partial charge in [0.1, 0.15) is 11.5 Å². The zero-order valence-corrected chi connectivity index (χ0v) is 20.6. The topological polar surface area (TPSA) is 89.9 Å². The van der Waals surface area contributed by atoms with E-state index in [-0.39, 0.29) is 23.9 Å². The van der Waals surface area contributed by atoms with E-state index in [4.69, 9.17) is 9.47 Å². The van der Waals surface area contributed by atoms with Gasteiger partial charge in [0.25, 0.3) is 0 Å². The van der Waals surface area contributed by atoms with Crippen LogP contribution in [-0.2, 0) is 27.9 Å². The Balaban J connectivity index is 1.46. The predicted octanol–water partition coefficient (Wildman–Crippen LogP) is 3.40. The summed E-state index contributed by atoms with van der Waals surface area (Å²) in [5.41, 5.74) is 1.80. The molecule has 0 aliphatic carbocycles. The minimum atomic E-state index is -3.70. The highest BCUT2D eigenvalue weighted by molar-refractivity contribution is 7.89. The lowest BCUT2D eigenvalue weighted by Crippen LogP contribution is -2.45. The van der Waals surface area contributed by atoms with Crippen molar-refractivity contribution >= 4 is 26.8 Å². The number of rotatable bonds is 8. The minimum Gasteiger partial charge on any atom is -0.497 e. The highest BCUT2D eigenvalue weighted by atomic mass is 32.2. The van der Waals surface area contributed by atoms with Crippen LogP contribution in [0.5, 0.6) is 11.5 Å². The third kappa shape index (κ3) is 4.76. The second kappa shape index (κ2) is 10.1. The van der Waals surface area contributed by atoms with Gasteiger partial charge < -0.3 is 19.4 Å². The lowest BCUT2D eigenvalue weighted by atomic mass is 9.98. The number of fused-ring (bicyclic) bond motifs is 1. The van der Waals surface area contributed by atoms with Crippen molar-refractivity contribution in [3.05, 3.63) is 54.2 Å². The molecular weight excluding hydrogens is 454 g/mol. The number of sulfonamides is 1. The van der Waals surface area contributed by atoms with Gasteiger partial charge in [-0.3, -0.25) is 4.79 Å². The van der Waals surface area contributed by atoms with Crippen LogP contribution in [-0.4, -0.2) is 50.5 Å². The van der Waals surface area contributed by atoms with E-state index < -0.39 is 15.9 Å². The van der Waals surface area contributed by atoms with Gasteiger partial charge in [-0.2, -0.15) is 4.31 Å². The van der Waals surface area contributed by atoms with E-state index in [1.165, 1.54) is 4.31 Å². The summed E-state index contributed by atoms with van der Waals surface area (Å²) in [6.45, 7) is 3.71. The van der Waals surface area contributed by atoms with Crippen LogP contribution in [0.2, 0.25) is 0 Å². The van der Waals surface area contributed by atoms with Crippen molar-refractivity contribution in [1.82, 2.24) is 14.2 Å². The minimum absolute atomic E-state index is 0.164. The molecular formula is C25H31N3O5S. The first-order valence-electron chi connectivity index (χ1n) is 11.4. The van der Waals surface area contributed by atoms with Gasteiger partial charge in [-0.05, 0) is 62.2 Å². The smallest absolute Gasteiger partial charge is 0.243 e. The second-order valence-electron chi connectivity index (χ2n) is 8.42. The average molecular weight is 486 g/mol. The summed E-state index contributed by atoms with van der Waals surface area (Å²) in [7, 11) is -0.540. The van der Waals surface area contributed by atoms with Gasteiger partial charge in [0.05, 0.1) is 25.0 Å². The summed E-state index contributed by atoms with van der Waals surface area (Å²) in [5.74, 6) is 0.748. The molecule has 1 atom stereocenters. The van der Waals surface area contributed by atoms with Gasteiger partial charge in [0.2, 0.25) is 15.9 Å². The van der Waals surface area contributed by atoms with E-state index in [0.29, 0.717) is 30.9 Å². The lowest BCUT2D eigenvalue weighted by Gasteiger charge is -2.31. The summed E-state index contributed by atoms with van der Waals surface area (Å²) in [6.07, 6.45) is 3.24. The lowest BCUT2D eigenvalue weighted by molar-refractivity contribution is -0.126. The molecule has 2 aromatic carbocycles. The van der Waals surface area contributed by atoms with E-state index in [1.807, 2.05) is 31.3 Å². The molecule has 1 aliphatic heterocycles. The zero-order chi connectivity index (χ0) is 24.3. The molecule has 0 radical (unpaired) electrons. The molecule has 0 spiro atoms. The molecule has 9 heteroatoms. The van der Waals surface area contributed by atoms with Crippen molar-refractivity contribution in [3.63, 3.8) is 0 Å². The second-order valence-corrected chi connectivity index (χ2v) is 10.4. The number of carbonyl (C=O) groups is 1. The number of aromatic nitrogens is 1. The molecule has 0 bridgehead atoms. The summed E-state index contributed by atoms with van der Waals surface area (Å²) < 4.78 is 40.9. The van der Waals surface area contributed by atoms with Crippen LogP contribution in [0.1, 0.15) is 25.3 Å². The molecule has 1 fully saturated rings. The first-order valence-corrected chi connectivity index (χ1v) is 12.9. The van der Waals surface area contributed by atoms with Crippen molar-refractivity contribution in [2.24, 2.45) is 5.92 Å². The normalized spacial score (nSPS) is 17.0. The molecule has 1 unspecified atom stereocenters. The van der Waals surface area contributed by atoms with Crippen LogP contribution in [0.25, 0.3) is 10.9 Å². The Labute approximate surface area is 200 Å². The van der Waals surface area contributed by atoms with Gasteiger partial charge in [-0.15, -0.1) is 0 Å². The number of piperidine rings is 1. The molecule has 2 heterocycles. The maximum atomic E-state index is 13.4. The average Bonchev–Trinajstić information content (AvgIpc) is 3.29. The van der Waals surface area contributed by atoms with Crippen LogP contribution in [0.3, 0.4) is 0 Å². The first-order chi connectivity index (χ1) is 16.4. The predicted molar refractivity (Wildman–Crippen MR) is 130 cm³/mol. The number of ether oxygens (including phenoxy) is 2. The van der Waals surface area contributed by atoms with Crippen LogP contribution in [0, 0.1) is 5.92 Å². The number of nitrogens with one attached hydrogen (secondary N) is 1. The van der Waals surface area contributed by atoms with E-state index in [9.17, 15) is 13.2 Å². The molecule has 4 rings (SSSR count). The number of hydrogen-bond acceptors (Lipinski definition) is 5. The highest BCUT2D eigenvalue weighted by Gasteiger charge is 2.33. The number of hydrogen-bond donors (Lipinski definition) is 1. The van der Waals surface area contributed by atoms with Gasteiger partial charge in [0, 0.05) is 48.8 Å². The van der Waals surface area contributed by atoms with Gasteiger partial charge >= 0.3 is 0 Å². The highest BCUT2D eigenvalue weighted by Crippen LogP contribution is 2.28. The van der Waals surface area contributed by atoms with Crippen molar-refractivity contribution in [2.45, 2.75) is 37.8 Å². The molecule has 0 saturated carbocycles. The maximum absolute atomic E-state index is 13.4. The van der Waals surface area contributed by atoms with Crippen LogP contribution < -0.4 is 14.8 Å². The largest absolute Gasteiger partial charge is 0.497 e. The Morgan fingerprint density at radius 2 is 1.94 bits per heavy atom. The van der Waals surface area contributed by atoms with Crippen LogP contribution in [0.4, 0.5) is 0 Å². The molecule has 1 saturated heterocycles. The fourth-order valence-corrected chi connectivity index (χ4v) is 6.04. The molecule has 1 amide bonds. The van der Waals surface area contributed by atoms with Crippen molar-refractivity contribution in [1.29, 1.82) is 0 Å². The summed E-state index contributed by atoms with van der Waals surface area (Å²) in [4.78, 5) is 13.2. The molecule has 8 nitrogen and oxygen atoms in total. The maximum Gasteiger partial charge on any atom is 0.243 e. The van der Waals surface area contributed by atoms with Crippen molar-refractivity contribution in [3.8, 4) is 11.5 Å². The number of aryl methyl sites for hydroxylation is 1. The first kappa shape index (κ1) is 24.1. The SMILES string of the molecule is CCn1ccc2cc(S(=O)(=O)N3CCCC(C(=O)NCc4cc(OC)ccc4OC)C3)ccc21. The number of carbonyl (C=O) groups excluding carboxylic acids is 1. The summed E-state index contributed by atoms with van der Waals surface area (Å²) in [6, 6.07) is 12.6. The van der Waals surface area contributed by atoms with Crippen LogP contribution in [0.15, 0.2) is 53.6 Å². The third-order valence-electron chi connectivity index (χ3n) is 6.42. The fraction of sp³-hybridized carbons (Fsp3) is 0.400. The third-order valence-corrected chi connectivity index (χ3v) is 8.28. The Hall–Kier alpha value is -3.04. The summed E-state index contributed by atoms with van der Waals surface area (Å²) in [5, 5.41) is 3.83. The standard InChI is InChI=1S/C25H31N3O5S/c1-4-27-13-11-18-15-22(8-9-23(18)27)34(30,31)28-12-5-6-19(17-28)25(29)26-16-20-14-21(32-2)7-10-24(20)33-3/h7-11,13-15,19H,4-6,12,16-17H2,1-3H3,(H,26,29). The summed E-state index contributed by atoms with van der Waals surface area (Å²) >= 11 is 0. The van der Waals surface area contributed by atoms with E-state index in [2.05, 4.69) is 9.88 Å². The van der Waals surface area contributed by atoms with Crippen molar-refractivity contribution in [2.75, 3.05) is 27.3 Å². The quantitative estimate of drug-likeness (QED) is 0.528. The van der Waals surface area contributed by atoms with E-state index >= 15 is 0 Å². The fourth-order valence-electron chi connectivity index (χ4n) is 4.48. The molecule has 34 heavy (non-hydrogen) atoms.